The lowest BCUT2D eigenvalue weighted by atomic mass is 10.3. The van der Waals surface area contributed by atoms with Gasteiger partial charge in [0.05, 0.1) is 11.8 Å². The Morgan fingerprint density at radius 3 is 2.31 bits per heavy atom. The molecule has 0 fully saturated rings. The zero-order chi connectivity index (χ0) is 10.4. The van der Waals surface area contributed by atoms with E-state index in [1.807, 2.05) is 0 Å². The highest BCUT2D eigenvalue weighted by Gasteiger charge is 2.06. The van der Waals surface area contributed by atoms with Crippen LogP contribution in [0.1, 0.15) is 25.6 Å². The largest absolute Gasteiger partial charge is 0.397 e. The lowest BCUT2D eigenvalue weighted by molar-refractivity contribution is 0.189. The summed E-state index contributed by atoms with van der Waals surface area (Å²) in [6, 6.07) is 1.80. The highest BCUT2D eigenvalue weighted by molar-refractivity contribution is 9.10. The van der Waals surface area contributed by atoms with E-state index in [2.05, 4.69) is 21.0 Å². The maximum atomic E-state index is 9.14. The number of aromatic nitrogens is 2. The topological polar surface area (TPSA) is 58.3 Å². The normalized spacial score (nSPS) is 11.8. The van der Waals surface area contributed by atoms with Gasteiger partial charge in [-0.25, -0.2) is 0 Å². The van der Waals surface area contributed by atoms with Gasteiger partial charge in [-0.3, -0.25) is 4.68 Å². The minimum atomic E-state index is -0.455. The van der Waals surface area contributed by atoms with Crippen molar-refractivity contribution >= 4 is 15.9 Å². The Morgan fingerprint density at radius 2 is 2.15 bits per heavy atom. The first kappa shape index (κ1) is 12.6. The molecule has 5 heteroatoms. The number of nitrogens with zero attached hydrogens (tertiary/aromatic N) is 2. The molecule has 0 saturated heterocycles. The summed E-state index contributed by atoms with van der Waals surface area (Å²) in [5, 5.41) is 20.7. The number of hydrogen-bond donors (Lipinski definition) is 2. The van der Waals surface area contributed by atoms with Crippen LogP contribution in [-0.4, -0.2) is 26.6 Å². The maximum absolute atomic E-state index is 9.14. The molecule has 0 amide bonds. The summed E-state index contributed by atoms with van der Waals surface area (Å²) < 4.78 is 2.40. The Balaban J connectivity index is 0.000000424. The smallest absolute Gasteiger partial charge is 0.128 e. The third-order valence-electron chi connectivity index (χ3n) is 1.31. The minimum absolute atomic E-state index is 0.250. The molecule has 0 aliphatic carbocycles. The zero-order valence-electron chi connectivity index (χ0n) is 8.03. The van der Waals surface area contributed by atoms with Crippen LogP contribution in [0.2, 0.25) is 0 Å². The SMILES string of the molecule is CC(O)c1cc(Br)nn1C.CCO. The molecule has 1 unspecified atom stereocenters. The molecule has 0 spiro atoms. The van der Waals surface area contributed by atoms with Gasteiger partial charge in [-0.15, -0.1) is 0 Å². The van der Waals surface area contributed by atoms with Crippen LogP contribution >= 0.6 is 15.9 Å². The third kappa shape index (κ3) is 4.40. The van der Waals surface area contributed by atoms with Gasteiger partial charge in [-0.2, -0.15) is 5.10 Å². The Labute approximate surface area is 86.3 Å². The molecule has 1 aromatic heterocycles. The summed E-state index contributed by atoms with van der Waals surface area (Å²) >= 11 is 3.21. The first-order valence-corrected chi connectivity index (χ1v) is 4.80. The van der Waals surface area contributed by atoms with Crippen molar-refractivity contribution in [3.63, 3.8) is 0 Å². The van der Waals surface area contributed by atoms with Gasteiger partial charge >= 0.3 is 0 Å². The van der Waals surface area contributed by atoms with Gasteiger partial charge in [-0.1, -0.05) is 0 Å². The Morgan fingerprint density at radius 1 is 1.69 bits per heavy atom. The molecule has 1 aromatic rings. The number of halogens is 1. The van der Waals surface area contributed by atoms with E-state index in [9.17, 15) is 0 Å². The van der Waals surface area contributed by atoms with Gasteiger partial charge < -0.3 is 10.2 Å². The van der Waals surface area contributed by atoms with Crippen LogP contribution in [0.5, 0.6) is 0 Å². The minimum Gasteiger partial charge on any atom is -0.397 e. The van der Waals surface area contributed by atoms with Crippen LogP contribution in [0.15, 0.2) is 10.7 Å². The summed E-state index contributed by atoms with van der Waals surface area (Å²) in [6.45, 7) is 3.64. The first-order chi connectivity index (χ1) is 6.02. The Bertz CT molecular complexity index is 248. The fraction of sp³-hybridized carbons (Fsp3) is 0.625. The van der Waals surface area contributed by atoms with E-state index in [0.717, 1.165) is 10.3 Å². The predicted octanol–water partition coefficient (Wildman–Crippen LogP) is 1.23. The quantitative estimate of drug-likeness (QED) is 0.789. The molecule has 0 saturated carbocycles. The highest BCUT2D eigenvalue weighted by Crippen LogP contribution is 2.15. The van der Waals surface area contributed by atoms with Crippen molar-refractivity contribution in [1.82, 2.24) is 9.78 Å². The molecule has 2 N–H and O–H groups in total. The molecule has 0 aliphatic rings. The molecule has 0 bridgehead atoms. The average molecular weight is 251 g/mol. The molecular formula is C8H15BrN2O2. The number of hydrogen-bond acceptors (Lipinski definition) is 3. The summed E-state index contributed by atoms with van der Waals surface area (Å²) in [7, 11) is 1.80. The molecule has 0 radical (unpaired) electrons. The average Bonchev–Trinajstić information content (AvgIpc) is 2.31. The summed E-state index contributed by atoms with van der Waals surface area (Å²) in [5.74, 6) is 0. The van der Waals surface area contributed by atoms with E-state index in [-0.39, 0.29) is 6.61 Å². The van der Waals surface area contributed by atoms with Crippen LogP contribution in [0.3, 0.4) is 0 Å². The Hall–Kier alpha value is -0.390. The van der Waals surface area contributed by atoms with E-state index in [1.54, 1.807) is 31.6 Å². The Kier molecular flexibility index (Phi) is 5.94. The van der Waals surface area contributed by atoms with E-state index in [1.165, 1.54) is 0 Å². The molecule has 1 rings (SSSR count). The lowest BCUT2D eigenvalue weighted by Gasteiger charge is -2.01. The van der Waals surface area contributed by atoms with Crippen molar-refractivity contribution in [2.45, 2.75) is 20.0 Å². The van der Waals surface area contributed by atoms with Crippen molar-refractivity contribution < 1.29 is 10.2 Å². The number of aliphatic hydroxyl groups is 2. The van der Waals surface area contributed by atoms with Gasteiger partial charge in [0.1, 0.15) is 4.60 Å². The van der Waals surface area contributed by atoms with Crippen molar-refractivity contribution in [1.29, 1.82) is 0 Å². The van der Waals surface area contributed by atoms with E-state index < -0.39 is 6.10 Å². The molecule has 13 heavy (non-hydrogen) atoms. The molecule has 0 aliphatic heterocycles. The van der Waals surface area contributed by atoms with Crippen molar-refractivity contribution in [3.05, 3.63) is 16.4 Å². The maximum Gasteiger partial charge on any atom is 0.128 e. The van der Waals surface area contributed by atoms with Gasteiger partial charge in [0.25, 0.3) is 0 Å². The second-order valence-electron chi connectivity index (χ2n) is 2.51. The van der Waals surface area contributed by atoms with Crippen LogP contribution in [0, 0.1) is 0 Å². The predicted molar refractivity (Wildman–Crippen MR) is 54.3 cm³/mol. The van der Waals surface area contributed by atoms with Gasteiger partial charge in [0.15, 0.2) is 0 Å². The summed E-state index contributed by atoms with van der Waals surface area (Å²) in [4.78, 5) is 0. The number of rotatable bonds is 1. The molecule has 1 atom stereocenters. The van der Waals surface area contributed by atoms with E-state index >= 15 is 0 Å². The second-order valence-corrected chi connectivity index (χ2v) is 3.32. The molecule has 76 valence electrons. The monoisotopic (exact) mass is 250 g/mol. The number of aliphatic hydroxyl groups excluding tert-OH is 2. The zero-order valence-corrected chi connectivity index (χ0v) is 9.61. The van der Waals surface area contributed by atoms with Crippen LogP contribution < -0.4 is 0 Å². The summed E-state index contributed by atoms with van der Waals surface area (Å²) in [5.41, 5.74) is 0.812. The van der Waals surface area contributed by atoms with Gasteiger partial charge in [0.2, 0.25) is 0 Å². The van der Waals surface area contributed by atoms with E-state index in [0.29, 0.717) is 0 Å². The molecular weight excluding hydrogens is 236 g/mol. The molecule has 4 nitrogen and oxygen atoms in total. The van der Waals surface area contributed by atoms with Gasteiger partial charge in [0, 0.05) is 13.7 Å². The fourth-order valence-corrected chi connectivity index (χ4v) is 1.31. The fourth-order valence-electron chi connectivity index (χ4n) is 0.836. The van der Waals surface area contributed by atoms with Gasteiger partial charge in [-0.05, 0) is 35.8 Å². The third-order valence-corrected chi connectivity index (χ3v) is 1.70. The number of aryl methyl sites for hydroxylation is 1. The van der Waals surface area contributed by atoms with Crippen molar-refractivity contribution in [2.75, 3.05) is 6.61 Å². The summed E-state index contributed by atoms with van der Waals surface area (Å²) in [6.07, 6.45) is -0.455. The standard InChI is InChI=1S/C6H9BrN2O.C2H6O/c1-4(10)5-3-6(7)8-9(5)2;1-2-3/h3-4,10H,1-2H3;3H,2H2,1H3. The molecule has 1 heterocycles. The van der Waals surface area contributed by atoms with Crippen LogP contribution in [0.25, 0.3) is 0 Å². The van der Waals surface area contributed by atoms with E-state index in [4.69, 9.17) is 10.2 Å². The second kappa shape index (κ2) is 6.12. The van der Waals surface area contributed by atoms with Crippen molar-refractivity contribution in [3.8, 4) is 0 Å². The van der Waals surface area contributed by atoms with Crippen LogP contribution in [-0.2, 0) is 7.05 Å². The lowest BCUT2D eigenvalue weighted by Crippen LogP contribution is -2.00. The first-order valence-electron chi connectivity index (χ1n) is 4.01. The molecule has 0 aromatic carbocycles. The van der Waals surface area contributed by atoms with Crippen LogP contribution in [0.4, 0.5) is 0 Å². The highest BCUT2D eigenvalue weighted by atomic mass is 79.9. The van der Waals surface area contributed by atoms with Crippen molar-refractivity contribution in [2.24, 2.45) is 7.05 Å².